The molecule has 0 aliphatic carbocycles. The Morgan fingerprint density at radius 3 is 3.00 bits per heavy atom. The normalized spacial score (nSPS) is 17.8. The molecule has 3 N–H and O–H groups in total. The standard InChI is InChI=1S/C12H15N7O/c1-3-18-8(4-5-15-18)10-9(11(13)20)7(2)17-12-14-6-16-19(10)12/h4-6,10H,3H2,1-2H3,(H2,13,20)(H,14,16,17). The number of aromatic nitrogens is 5. The van der Waals surface area contributed by atoms with Gasteiger partial charge < -0.3 is 11.1 Å². The lowest BCUT2D eigenvalue weighted by Crippen LogP contribution is -2.33. The van der Waals surface area contributed by atoms with Crippen LogP contribution in [-0.2, 0) is 11.3 Å². The second-order valence-corrected chi connectivity index (χ2v) is 4.53. The molecule has 1 aliphatic heterocycles. The van der Waals surface area contributed by atoms with Gasteiger partial charge in [0.2, 0.25) is 11.9 Å². The zero-order valence-corrected chi connectivity index (χ0v) is 11.2. The summed E-state index contributed by atoms with van der Waals surface area (Å²) in [6, 6.07) is 1.45. The van der Waals surface area contributed by atoms with Gasteiger partial charge in [-0.25, -0.2) is 4.68 Å². The minimum Gasteiger partial charge on any atom is -0.366 e. The van der Waals surface area contributed by atoms with Crippen LogP contribution in [0.5, 0.6) is 0 Å². The number of hydrogen-bond acceptors (Lipinski definition) is 5. The van der Waals surface area contributed by atoms with E-state index in [-0.39, 0.29) is 0 Å². The maximum Gasteiger partial charge on any atom is 0.248 e. The van der Waals surface area contributed by atoms with E-state index < -0.39 is 11.9 Å². The van der Waals surface area contributed by atoms with Crippen molar-refractivity contribution >= 4 is 11.9 Å². The fourth-order valence-corrected chi connectivity index (χ4v) is 2.52. The third kappa shape index (κ3) is 1.68. The number of primary amides is 1. The lowest BCUT2D eigenvalue weighted by molar-refractivity contribution is -0.115. The van der Waals surface area contributed by atoms with Crippen LogP contribution in [0.2, 0.25) is 0 Å². The highest BCUT2D eigenvalue weighted by atomic mass is 16.1. The topological polar surface area (TPSA) is 104 Å². The van der Waals surface area contributed by atoms with Crippen LogP contribution in [0, 0.1) is 0 Å². The van der Waals surface area contributed by atoms with Crippen LogP contribution in [0.3, 0.4) is 0 Å². The molecule has 3 heterocycles. The summed E-state index contributed by atoms with van der Waals surface area (Å²) in [6.07, 6.45) is 3.14. The number of anilines is 1. The first kappa shape index (κ1) is 12.4. The Hall–Kier alpha value is -2.64. The molecule has 8 nitrogen and oxygen atoms in total. The summed E-state index contributed by atoms with van der Waals surface area (Å²) in [5, 5.41) is 11.5. The van der Waals surface area contributed by atoms with Gasteiger partial charge in [-0.05, 0) is 19.9 Å². The van der Waals surface area contributed by atoms with E-state index in [1.165, 1.54) is 6.33 Å². The minimum absolute atomic E-state index is 0.409. The number of rotatable bonds is 3. The molecule has 2 aromatic rings. The SMILES string of the molecule is CCn1nccc1C1C(C(N)=O)=C(C)Nc2ncnn21. The predicted octanol–water partition coefficient (Wildman–Crippen LogP) is 0.269. The van der Waals surface area contributed by atoms with Crippen molar-refractivity contribution in [3.63, 3.8) is 0 Å². The van der Waals surface area contributed by atoms with Gasteiger partial charge >= 0.3 is 0 Å². The second kappa shape index (κ2) is 4.48. The lowest BCUT2D eigenvalue weighted by Gasteiger charge is -2.27. The van der Waals surface area contributed by atoms with Gasteiger partial charge in [-0.3, -0.25) is 9.48 Å². The largest absolute Gasteiger partial charge is 0.366 e. The zero-order valence-electron chi connectivity index (χ0n) is 11.2. The van der Waals surface area contributed by atoms with Crippen LogP contribution >= 0.6 is 0 Å². The number of carbonyl (C=O) groups excluding carboxylic acids is 1. The van der Waals surface area contributed by atoms with Crippen LogP contribution in [-0.4, -0.2) is 30.5 Å². The van der Waals surface area contributed by atoms with Gasteiger partial charge in [0.25, 0.3) is 0 Å². The van der Waals surface area contributed by atoms with E-state index in [0.717, 1.165) is 5.69 Å². The molecule has 1 aliphatic rings. The van der Waals surface area contributed by atoms with Crippen molar-refractivity contribution in [3.8, 4) is 0 Å². The Balaban J connectivity index is 2.22. The first-order valence-corrected chi connectivity index (χ1v) is 6.32. The van der Waals surface area contributed by atoms with Gasteiger partial charge in [-0.1, -0.05) is 0 Å². The van der Waals surface area contributed by atoms with E-state index in [1.54, 1.807) is 17.8 Å². The van der Waals surface area contributed by atoms with Gasteiger partial charge in [0.05, 0.1) is 11.3 Å². The zero-order chi connectivity index (χ0) is 14.3. The molecule has 0 saturated heterocycles. The predicted molar refractivity (Wildman–Crippen MR) is 71.6 cm³/mol. The van der Waals surface area contributed by atoms with Crippen LogP contribution < -0.4 is 11.1 Å². The molecule has 3 rings (SSSR count). The number of nitrogens with two attached hydrogens (primary N) is 1. The first-order valence-electron chi connectivity index (χ1n) is 6.32. The van der Waals surface area contributed by atoms with Crippen molar-refractivity contribution in [3.05, 3.63) is 35.6 Å². The van der Waals surface area contributed by atoms with Crippen LogP contribution in [0.4, 0.5) is 5.95 Å². The number of hydrogen-bond donors (Lipinski definition) is 2. The third-order valence-corrected chi connectivity index (χ3v) is 3.39. The summed E-state index contributed by atoms with van der Waals surface area (Å²) in [7, 11) is 0. The smallest absolute Gasteiger partial charge is 0.248 e. The Morgan fingerprint density at radius 2 is 2.30 bits per heavy atom. The van der Waals surface area contributed by atoms with Crippen LogP contribution in [0.15, 0.2) is 29.9 Å². The van der Waals surface area contributed by atoms with Gasteiger partial charge in [0, 0.05) is 18.4 Å². The molecule has 0 fully saturated rings. The molecule has 8 heteroatoms. The van der Waals surface area contributed by atoms with Gasteiger partial charge in [-0.2, -0.15) is 15.2 Å². The number of nitrogens with one attached hydrogen (secondary N) is 1. The number of aryl methyl sites for hydroxylation is 1. The lowest BCUT2D eigenvalue weighted by atomic mass is 9.99. The first-order chi connectivity index (χ1) is 9.63. The average Bonchev–Trinajstić information content (AvgIpc) is 3.04. The summed E-state index contributed by atoms with van der Waals surface area (Å²) in [5.41, 5.74) is 7.56. The number of fused-ring (bicyclic) bond motifs is 1. The summed E-state index contributed by atoms with van der Waals surface area (Å²) in [5.74, 6) is 0.103. The van der Waals surface area contributed by atoms with Crippen molar-refractivity contribution in [2.24, 2.45) is 5.73 Å². The molecule has 0 bridgehead atoms. The van der Waals surface area contributed by atoms with Crippen LogP contribution in [0.25, 0.3) is 0 Å². The number of amides is 1. The summed E-state index contributed by atoms with van der Waals surface area (Å²) in [6.45, 7) is 4.49. The molecule has 0 saturated carbocycles. The molecular formula is C12H15N7O. The fraction of sp³-hybridized carbons (Fsp3) is 0.333. The molecule has 104 valence electrons. The van der Waals surface area contributed by atoms with E-state index in [9.17, 15) is 4.79 Å². The van der Waals surface area contributed by atoms with Gasteiger partial charge in [0.1, 0.15) is 12.4 Å². The van der Waals surface area contributed by atoms with Crippen molar-refractivity contribution < 1.29 is 4.79 Å². The average molecular weight is 273 g/mol. The molecular weight excluding hydrogens is 258 g/mol. The molecule has 20 heavy (non-hydrogen) atoms. The quantitative estimate of drug-likeness (QED) is 0.835. The number of carbonyl (C=O) groups is 1. The maximum absolute atomic E-state index is 11.8. The Labute approximate surface area is 115 Å². The molecule has 1 amide bonds. The summed E-state index contributed by atoms with van der Waals surface area (Å²) in [4.78, 5) is 16.0. The van der Waals surface area contributed by atoms with E-state index in [4.69, 9.17) is 5.73 Å². The molecule has 2 aromatic heterocycles. The minimum atomic E-state index is -0.481. The van der Waals surface area contributed by atoms with Crippen molar-refractivity contribution in [1.29, 1.82) is 0 Å². The Morgan fingerprint density at radius 1 is 1.50 bits per heavy atom. The Bertz CT molecular complexity index is 696. The summed E-state index contributed by atoms with van der Waals surface area (Å²) >= 11 is 0. The molecule has 0 radical (unpaired) electrons. The molecule has 1 unspecified atom stereocenters. The Kier molecular flexibility index (Phi) is 2.78. The van der Waals surface area contributed by atoms with E-state index in [2.05, 4.69) is 20.5 Å². The van der Waals surface area contributed by atoms with Gasteiger partial charge in [-0.15, -0.1) is 0 Å². The molecule has 0 spiro atoms. The van der Waals surface area contributed by atoms with Crippen molar-refractivity contribution in [2.75, 3.05) is 5.32 Å². The fourth-order valence-electron chi connectivity index (χ4n) is 2.52. The summed E-state index contributed by atoms with van der Waals surface area (Å²) < 4.78 is 3.47. The van der Waals surface area contributed by atoms with E-state index in [0.29, 0.717) is 23.8 Å². The molecule has 1 atom stereocenters. The molecule has 0 aromatic carbocycles. The van der Waals surface area contributed by atoms with Gasteiger partial charge in [0.15, 0.2) is 0 Å². The van der Waals surface area contributed by atoms with E-state index >= 15 is 0 Å². The third-order valence-electron chi connectivity index (χ3n) is 3.39. The second-order valence-electron chi connectivity index (χ2n) is 4.53. The maximum atomic E-state index is 11.8. The highest BCUT2D eigenvalue weighted by Gasteiger charge is 2.33. The number of allylic oxidation sites excluding steroid dienone is 1. The monoisotopic (exact) mass is 273 g/mol. The van der Waals surface area contributed by atoms with Crippen LogP contribution in [0.1, 0.15) is 25.6 Å². The number of nitrogens with zero attached hydrogens (tertiary/aromatic N) is 5. The highest BCUT2D eigenvalue weighted by Crippen LogP contribution is 2.33. The van der Waals surface area contributed by atoms with Crippen molar-refractivity contribution in [1.82, 2.24) is 24.5 Å². The van der Waals surface area contributed by atoms with Crippen molar-refractivity contribution in [2.45, 2.75) is 26.4 Å². The van der Waals surface area contributed by atoms with E-state index in [1.807, 2.05) is 17.7 Å². The highest BCUT2D eigenvalue weighted by molar-refractivity contribution is 5.95.